The van der Waals surface area contributed by atoms with Crippen LogP contribution >= 0.6 is 0 Å². The second-order valence-electron chi connectivity index (χ2n) is 5.62. The van der Waals surface area contributed by atoms with Crippen LogP contribution < -0.4 is 5.73 Å². The van der Waals surface area contributed by atoms with E-state index in [4.69, 9.17) is 5.73 Å². The van der Waals surface area contributed by atoms with E-state index in [1.807, 2.05) is 72.8 Å². The maximum Gasteiger partial charge on any atom is 0.194 e. The Morgan fingerprint density at radius 3 is 1.78 bits per heavy atom. The predicted octanol–water partition coefficient (Wildman–Crippen LogP) is 4.42. The molecule has 0 aliphatic heterocycles. The number of hydrogen-bond donors (Lipinski definition) is 1. The first-order valence-electron chi connectivity index (χ1n) is 7.55. The number of carbonyl (C=O) groups excluding carboxylic acids is 1. The number of allylic oxidation sites excluding steroid dienone is 1. The molecule has 2 nitrogen and oxygen atoms in total. The van der Waals surface area contributed by atoms with Gasteiger partial charge in [0.25, 0.3) is 0 Å². The highest BCUT2D eigenvalue weighted by Gasteiger charge is 2.31. The van der Waals surface area contributed by atoms with Crippen LogP contribution in [0.5, 0.6) is 0 Å². The molecule has 0 saturated carbocycles. The number of fused-ring (bicyclic) bond motifs is 1. The summed E-state index contributed by atoms with van der Waals surface area (Å²) >= 11 is 0. The normalized spacial score (nSPS) is 13.3. The molecule has 0 amide bonds. The van der Waals surface area contributed by atoms with Crippen LogP contribution in [-0.2, 0) is 0 Å². The number of nitrogens with two attached hydrogens (primary N) is 1. The Morgan fingerprint density at radius 2 is 1.17 bits per heavy atom. The summed E-state index contributed by atoms with van der Waals surface area (Å²) in [4.78, 5) is 13.0. The van der Waals surface area contributed by atoms with Gasteiger partial charge >= 0.3 is 0 Å². The fraction of sp³-hybridized carbons (Fsp3) is 0. The molecule has 0 atom stereocenters. The Hall–Kier alpha value is -3.13. The van der Waals surface area contributed by atoms with Crippen molar-refractivity contribution in [3.05, 3.63) is 101 Å². The quantitative estimate of drug-likeness (QED) is 0.711. The van der Waals surface area contributed by atoms with E-state index < -0.39 is 0 Å². The Balaban J connectivity index is 2.04. The van der Waals surface area contributed by atoms with Crippen molar-refractivity contribution in [3.63, 3.8) is 0 Å². The predicted molar refractivity (Wildman–Crippen MR) is 94.0 cm³/mol. The average Bonchev–Trinajstić information content (AvgIpc) is 2.89. The highest BCUT2D eigenvalue weighted by Crippen LogP contribution is 2.42. The zero-order valence-electron chi connectivity index (χ0n) is 12.5. The molecule has 1 aliphatic rings. The highest BCUT2D eigenvalue weighted by molar-refractivity contribution is 6.41. The molecule has 3 aromatic carbocycles. The Kier molecular flexibility index (Phi) is 3.09. The second-order valence-corrected chi connectivity index (χ2v) is 5.62. The summed E-state index contributed by atoms with van der Waals surface area (Å²) in [6.45, 7) is 0. The molecule has 2 heteroatoms. The number of carbonyl (C=O) groups is 1. The molecule has 4 rings (SSSR count). The van der Waals surface area contributed by atoms with Crippen LogP contribution in [0, 0.1) is 0 Å². The maximum absolute atomic E-state index is 13.0. The van der Waals surface area contributed by atoms with Crippen LogP contribution in [0.4, 0.5) is 5.69 Å². The molecule has 0 radical (unpaired) electrons. The van der Waals surface area contributed by atoms with Gasteiger partial charge in [0.05, 0.1) is 0 Å². The van der Waals surface area contributed by atoms with Gasteiger partial charge in [-0.3, -0.25) is 4.79 Å². The van der Waals surface area contributed by atoms with Gasteiger partial charge in [0, 0.05) is 22.4 Å². The molecule has 0 saturated heterocycles. The topological polar surface area (TPSA) is 43.1 Å². The average molecular weight is 297 g/mol. The van der Waals surface area contributed by atoms with E-state index in [0.717, 1.165) is 27.8 Å². The van der Waals surface area contributed by atoms with Gasteiger partial charge in [0.2, 0.25) is 0 Å². The van der Waals surface area contributed by atoms with Crippen molar-refractivity contribution in [2.75, 3.05) is 5.73 Å². The Morgan fingerprint density at radius 1 is 0.609 bits per heavy atom. The summed E-state index contributed by atoms with van der Waals surface area (Å²) in [5.41, 5.74) is 11.8. The Bertz CT molecular complexity index is 925. The summed E-state index contributed by atoms with van der Waals surface area (Å²) in [5, 5.41) is 0. The molecular formula is C21H15NO. The van der Waals surface area contributed by atoms with E-state index in [-0.39, 0.29) is 5.78 Å². The number of anilines is 1. The van der Waals surface area contributed by atoms with E-state index in [9.17, 15) is 4.79 Å². The van der Waals surface area contributed by atoms with Gasteiger partial charge in [-0.2, -0.15) is 0 Å². The van der Waals surface area contributed by atoms with E-state index in [2.05, 4.69) is 0 Å². The first-order chi connectivity index (χ1) is 11.3. The minimum absolute atomic E-state index is 0.0392. The van der Waals surface area contributed by atoms with Crippen LogP contribution in [-0.4, -0.2) is 5.78 Å². The molecule has 1 aliphatic carbocycles. The molecule has 2 N–H and O–H groups in total. The van der Waals surface area contributed by atoms with Crippen molar-refractivity contribution in [2.24, 2.45) is 0 Å². The minimum Gasteiger partial charge on any atom is -0.399 e. The smallest absolute Gasteiger partial charge is 0.194 e. The van der Waals surface area contributed by atoms with Crippen molar-refractivity contribution in [2.45, 2.75) is 0 Å². The lowest BCUT2D eigenvalue weighted by atomic mass is 9.94. The number of ketones is 1. The maximum atomic E-state index is 13.0. The lowest BCUT2D eigenvalue weighted by Crippen LogP contribution is -1.99. The first-order valence-corrected chi connectivity index (χ1v) is 7.55. The van der Waals surface area contributed by atoms with E-state index in [1.165, 1.54) is 0 Å². The largest absolute Gasteiger partial charge is 0.399 e. The van der Waals surface area contributed by atoms with Gasteiger partial charge in [0.1, 0.15) is 0 Å². The third kappa shape index (κ3) is 2.16. The number of benzene rings is 3. The van der Waals surface area contributed by atoms with Crippen LogP contribution in [0.25, 0.3) is 11.1 Å². The summed E-state index contributed by atoms with van der Waals surface area (Å²) in [7, 11) is 0. The van der Waals surface area contributed by atoms with Crippen LogP contribution in [0.15, 0.2) is 78.9 Å². The molecule has 23 heavy (non-hydrogen) atoms. The molecule has 0 aromatic heterocycles. The zero-order chi connectivity index (χ0) is 15.8. The zero-order valence-corrected chi connectivity index (χ0v) is 12.5. The first kappa shape index (κ1) is 13.5. The molecule has 0 bridgehead atoms. The summed E-state index contributed by atoms with van der Waals surface area (Å²) in [5.74, 6) is 0.0392. The fourth-order valence-electron chi connectivity index (χ4n) is 3.14. The lowest BCUT2D eigenvalue weighted by molar-refractivity contribution is 0.105. The van der Waals surface area contributed by atoms with Gasteiger partial charge in [-0.15, -0.1) is 0 Å². The SMILES string of the molecule is Nc1ccc2c(c1)C(=O)C(c1ccccc1)=C2c1ccccc1. The van der Waals surface area contributed by atoms with Crippen molar-refractivity contribution in [3.8, 4) is 0 Å². The van der Waals surface area contributed by atoms with Crippen LogP contribution in [0.1, 0.15) is 27.0 Å². The van der Waals surface area contributed by atoms with Crippen molar-refractivity contribution < 1.29 is 4.79 Å². The van der Waals surface area contributed by atoms with E-state index >= 15 is 0 Å². The monoisotopic (exact) mass is 297 g/mol. The van der Waals surface area contributed by atoms with Crippen molar-refractivity contribution >= 4 is 22.6 Å². The number of Topliss-reactive ketones (excluding diaryl/α,β-unsaturated/α-hetero) is 1. The van der Waals surface area contributed by atoms with Gasteiger partial charge in [-0.05, 0) is 28.8 Å². The van der Waals surface area contributed by atoms with E-state index in [0.29, 0.717) is 11.3 Å². The summed E-state index contributed by atoms with van der Waals surface area (Å²) in [6, 6.07) is 25.4. The molecular weight excluding hydrogens is 282 g/mol. The van der Waals surface area contributed by atoms with Crippen molar-refractivity contribution in [1.82, 2.24) is 0 Å². The third-order valence-corrected chi connectivity index (χ3v) is 4.16. The molecule has 0 fully saturated rings. The van der Waals surface area contributed by atoms with Crippen LogP contribution in [0.2, 0.25) is 0 Å². The molecule has 3 aromatic rings. The fourth-order valence-corrected chi connectivity index (χ4v) is 3.14. The highest BCUT2D eigenvalue weighted by atomic mass is 16.1. The second kappa shape index (κ2) is 5.25. The number of rotatable bonds is 2. The minimum atomic E-state index is 0.0392. The van der Waals surface area contributed by atoms with Crippen molar-refractivity contribution in [1.29, 1.82) is 0 Å². The molecule has 0 heterocycles. The van der Waals surface area contributed by atoms with Crippen LogP contribution in [0.3, 0.4) is 0 Å². The summed E-state index contributed by atoms with van der Waals surface area (Å²) in [6.07, 6.45) is 0. The lowest BCUT2D eigenvalue weighted by Gasteiger charge is -2.08. The third-order valence-electron chi connectivity index (χ3n) is 4.16. The molecule has 0 spiro atoms. The number of nitrogen functional groups attached to an aromatic ring is 1. The van der Waals surface area contributed by atoms with E-state index in [1.54, 1.807) is 6.07 Å². The standard InChI is InChI=1S/C21H15NO/c22-16-11-12-17-18(13-16)21(23)20(15-9-5-2-6-10-15)19(17)14-7-3-1-4-8-14/h1-13H,22H2. The van der Waals surface area contributed by atoms with Gasteiger partial charge < -0.3 is 5.73 Å². The van der Waals surface area contributed by atoms with Gasteiger partial charge in [0.15, 0.2) is 5.78 Å². The van der Waals surface area contributed by atoms with Gasteiger partial charge in [-0.25, -0.2) is 0 Å². The number of hydrogen-bond acceptors (Lipinski definition) is 2. The molecule has 110 valence electrons. The summed E-state index contributed by atoms with van der Waals surface area (Å²) < 4.78 is 0. The Labute approximate surface area is 134 Å². The molecule has 0 unspecified atom stereocenters. The van der Waals surface area contributed by atoms with Gasteiger partial charge in [-0.1, -0.05) is 66.7 Å².